The van der Waals surface area contributed by atoms with Gasteiger partial charge in [0.25, 0.3) is 0 Å². The number of carbonyl (C=O) groups excluding carboxylic acids is 1. The number of rotatable bonds is 3. The van der Waals surface area contributed by atoms with E-state index in [2.05, 4.69) is 0 Å². The summed E-state index contributed by atoms with van der Waals surface area (Å²) in [4.78, 5) is 24.1. The fraction of sp³-hybridized carbons (Fsp3) is 0.818. The van der Waals surface area contributed by atoms with Crippen LogP contribution in [-0.2, 0) is 9.59 Å². The van der Waals surface area contributed by atoms with Gasteiger partial charge in [-0.3, -0.25) is 4.79 Å². The lowest BCUT2D eigenvalue weighted by Gasteiger charge is -2.23. The Kier molecular flexibility index (Phi) is 4.43. The van der Waals surface area contributed by atoms with Crippen molar-refractivity contribution >= 4 is 23.6 Å². The largest absolute Gasteiger partial charge is 0.480 e. The molecule has 6 heteroatoms. The molecule has 0 aromatic carbocycles. The van der Waals surface area contributed by atoms with Gasteiger partial charge in [0, 0.05) is 17.7 Å². The van der Waals surface area contributed by atoms with Crippen molar-refractivity contribution < 1.29 is 19.8 Å². The minimum atomic E-state index is -1.05. The predicted molar refractivity (Wildman–Crippen MR) is 66.0 cm³/mol. The molecule has 5 nitrogen and oxygen atoms in total. The van der Waals surface area contributed by atoms with Crippen molar-refractivity contribution in [1.29, 1.82) is 0 Å². The highest BCUT2D eigenvalue weighted by atomic mass is 32.2. The number of carbonyl (C=O) groups is 2. The molecule has 0 unspecified atom stereocenters. The Bertz CT molecular complexity index is 313. The maximum absolute atomic E-state index is 11.9. The normalized spacial score (nSPS) is 25.1. The maximum atomic E-state index is 11.9. The first kappa shape index (κ1) is 14.3. The van der Waals surface area contributed by atoms with Gasteiger partial charge in [0.15, 0.2) is 0 Å². The molecule has 0 aromatic rings. The molecule has 1 rings (SSSR count). The molecular weight excluding hydrogens is 242 g/mol. The minimum absolute atomic E-state index is 0.0350. The number of aliphatic hydroxyl groups excluding tert-OH is 1. The fourth-order valence-corrected chi connectivity index (χ4v) is 2.41. The zero-order valence-electron chi connectivity index (χ0n) is 10.3. The summed E-state index contributed by atoms with van der Waals surface area (Å²) in [6.45, 7) is 6.12. The third kappa shape index (κ3) is 4.20. The van der Waals surface area contributed by atoms with Gasteiger partial charge < -0.3 is 15.1 Å². The van der Waals surface area contributed by atoms with Crippen LogP contribution in [0.3, 0.4) is 0 Å². The van der Waals surface area contributed by atoms with E-state index < -0.39 is 18.1 Å². The Morgan fingerprint density at radius 3 is 2.47 bits per heavy atom. The molecular formula is C11H19NO4S. The first-order chi connectivity index (χ1) is 7.70. The second-order valence-corrected chi connectivity index (χ2v) is 6.99. The number of aliphatic hydroxyl groups is 1. The van der Waals surface area contributed by atoms with Crippen molar-refractivity contribution in [3.8, 4) is 0 Å². The minimum Gasteiger partial charge on any atom is -0.480 e. The van der Waals surface area contributed by atoms with E-state index in [0.29, 0.717) is 0 Å². The Morgan fingerprint density at radius 1 is 1.41 bits per heavy atom. The molecule has 0 radical (unpaired) electrons. The van der Waals surface area contributed by atoms with Gasteiger partial charge in [0.1, 0.15) is 6.04 Å². The number of carboxylic acid groups (broad SMARTS) is 1. The molecule has 1 amide bonds. The van der Waals surface area contributed by atoms with E-state index in [9.17, 15) is 14.7 Å². The van der Waals surface area contributed by atoms with Gasteiger partial charge in [-0.15, -0.1) is 11.8 Å². The Balaban J connectivity index is 2.59. The highest BCUT2D eigenvalue weighted by Crippen LogP contribution is 2.25. The lowest BCUT2D eigenvalue weighted by molar-refractivity contribution is -0.147. The van der Waals surface area contributed by atoms with Crippen LogP contribution in [0.15, 0.2) is 0 Å². The molecule has 0 bridgehead atoms. The molecule has 17 heavy (non-hydrogen) atoms. The van der Waals surface area contributed by atoms with Crippen molar-refractivity contribution in [2.75, 3.05) is 12.3 Å². The van der Waals surface area contributed by atoms with E-state index in [1.807, 2.05) is 20.8 Å². The molecule has 1 heterocycles. The first-order valence-corrected chi connectivity index (χ1v) is 6.53. The number of amides is 1. The summed E-state index contributed by atoms with van der Waals surface area (Å²) in [5.74, 6) is -1.01. The molecule has 1 aliphatic rings. The fourth-order valence-electron chi connectivity index (χ4n) is 1.68. The molecule has 2 N–H and O–H groups in total. The van der Waals surface area contributed by atoms with Crippen molar-refractivity contribution in [3.63, 3.8) is 0 Å². The number of likely N-dealkylation sites (tertiary alicyclic amines) is 1. The summed E-state index contributed by atoms with van der Waals surface area (Å²) in [6, 6.07) is -0.877. The molecule has 1 fully saturated rings. The van der Waals surface area contributed by atoms with Crippen LogP contribution in [0.4, 0.5) is 0 Å². The third-order valence-electron chi connectivity index (χ3n) is 2.51. The standard InChI is InChI=1S/C11H19NO4S/c1-11(2,3)17-6-9(14)12-5-7(13)4-8(12)10(15)16/h7-8,13H,4-6H2,1-3H3,(H,15,16)/t7-,8-/m1/s1. The van der Waals surface area contributed by atoms with E-state index in [1.54, 1.807) is 0 Å². The highest BCUT2D eigenvalue weighted by Gasteiger charge is 2.38. The van der Waals surface area contributed by atoms with Gasteiger partial charge in [-0.2, -0.15) is 0 Å². The number of nitrogens with zero attached hydrogens (tertiary/aromatic N) is 1. The molecule has 0 saturated carbocycles. The van der Waals surface area contributed by atoms with Gasteiger partial charge in [-0.05, 0) is 0 Å². The summed E-state index contributed by atoms with van der Waals surface area (Å²) in [7, 11) is 0. The highest BCUT2D eigenvalue weighted by molar-refractivity contribution is 8.01. The topological polar surface area (TPSA) is 77.8 Å². The van der Waals surface area contributed by atoms with E-state index >= 15 is 0 Å². The second kappa shape index (κ2) is 5.27. The van der Waals surface area contributed by atoms with Crippen LogP contribution in [-0.4, -0.2) is 56.2 Å². The van der Waals surface area contributed by atoms with Gasteiger partial charge in [0.05, 0.1) is 11.9 Å². The lowest BCUT2D eigenvalue weighted by Crippen LogP contribution is -2.42. The van der Waals surface area contributed by atoms with Crippen molar-refractivity contribution in [2.45, 2.75) is 44.1 Å². The van der Waals surface area contributed by atoms with E-state index in [-0.39, 0.29) is 29.4 Å². The number of β-amino-alcohol motifs (C(OH)–C–C–N with tert-alkyl or cyclic N) is 1. The zero-order chi connectivity index (χ0) is 13.2. The SMILES string of the molecule is CC(C)(C)SCC(=O)N1C[C@H](O)C[C@@H]1C(=O)O. The summed E-state index contributed by atoms with van der Waals surface area (Å²) in [5.41, 5.74) is 0. The summed E-state index contributed by atoms with van der Waals surface area (Å²) in [6.07, 6.45) is -0.596. The van der Waals surface area contributed by atoms with Gasteiger partial charge in [0.2, 0.25) is 5.91 Å². The molecule has 0 spiro atoms. The first-order valence-electron chi connectivity index (χ1n) is 5.55. The zero-order valence-corrected chi connectivity index (χ0v) is 11.2. The number of hydrogen-bond acceptors (Lipinski definition) is 4. The number of aliphatic carboxylic acids is 1. The molecule has 0 aromatic heterocycles. The van der Waals surface area contributed by atoms with Crippen LogP contribution >= 0.6 is 11.8 Å². The monoisotopic (exact) mass is 261 g/mol. The average Bonchev–Trinajstić information content (AvgIpc) is 2.55. The summed E-state index contributed by atoms with van der Waals surface area (Å²) >= 11 is 1.48. The van der Waals surface area contributed by atoms with E-state index in [1.165, 1.54) is 16.7 Å². The molecule has 1 aliphatic heterocycles. The van der Waals surface area contributed by atoms with Crippen molar-refractivity contribution in [2.24, 2.45) is 0 Å². The van der Waals surface area contributed by atoms with Gasteiger partial charge in [-0.1, -0.05) is 20.8 Å². The predicted octanol–water partition coefficient (Wildman–Crippen LogP) is 0.565. The Morgan fingerprint density at radius 2 is 2.00 bits per heavy atom. The third-order valence-corrected chi connectivity index (χ3v) is 3.77. The Hall–Kier alpha value is -0.750. The van der Waals surface area contributed by atoms with Gasteiger partial charge in [-0.25, -0.2) is 4.79 Å². The van der Waals surface area contributed by atoms with Crippen LogP contribution in [0.5, 0.6) is 0 Å². The quantitative estimate of drug-likeness (QED) is 0.776. The summed E-state index contributed by atoms with van der Waals surface area (Å²) in [5, 5.41) is 18.4. The van der Waals surface area contributed by atoms with E-state index in [4.69, 9.17) is 5.11 Å². The maximum Gasteiger partial charge on any atom is 0.326 e. The van der Waals surface area contributed by atoms with Crippen molar-refractivity contribution in [3.05, 3.63) is 0 Å². The lowest BCUT2D eigenvalue weighted by atomic mass is 10.2. The van der Waals surface area contributed by atoms with E-state index in [0.717, 1.165) is 0 Å². The number of thioether (sulfide) groups is 1. The molecule has 0 aliphatic carbocycles. The Labute approximate surface area is 105 Å². The summed E-state index contributed by atoms with van der Waals surface area (Å²) < 4.78 is -0.0350. The van der Waals surface area contributed by atoms with Crippen LogP contribution in [0, 0.1) is 0 Å². The number of hydrogen-bond donors (Lipinski definition) is 2. The smallest absolute Gasteiger partial charge is 0.326 e. The van der Waals surface area contributed by atoms with Crippen LogP contribution < -0.4 is 0 Å². The van der Waals surface area contributed by atoms with Gasteiger partial charge >= 0.3 is 5.97 Å². The van der Waals surface area contributed by atoms with Crippen LogP contribution in [0.1, 0.15) is 27.2 Å². The molecule has 98 valence electrons. The van der Waals surface area contributed by atoms with Crippen molar-refractivity contribution in [1.82, 2.24) is 4.90 Å². The molecule has 2 atom stereocenters. The van der Waals surface area contributed by atoms with Crippen LogP contribution in [0.25, 0.3) is 0 Å². The van der Waals surface area contributed by atoms with Crippen LogP contribution in [0.2, 0.25) is 0 Å². The average molecular weight is 261 g/mol. The molecule has 1 saturated heterocycles. The second-order valence-electron chi connectivity index (χ2n) is 5.19. The number of carboxylic acids is 1.